The first-order valence-corrected chi connectivity index (χ1v) is 10.0. The van der Waals surface area contributed by atoms with E-state index in [1.54, 1.807) is 6.20 Å². The average molecular weight is 426 g/mol. The highest BCUT2D eigenvalue weighted by Crippen LogP contribution is 2.15. The van der Waals surface area contributed by atoms with Crippen LogP contribution in [0.15, 0.2) is 24.4 Å². The number of nitrogens with zero attached hydrogens (tertiary/aromatic N) is 1. The number of carbonyl (C=O) groups excluding carboxylic acids is 2. The molecule has 0 saturated carbocycles. The standard InChI is InChI=1S/C19H25F2N5O2S/c1-3-10(2)16(22)18(28)26-15(7-11-4-5-13(20)14(21)6-11)17(27)24-8-12-9-25-19(23)29-12/h4-6,9-10,15-16H,3,7-8,22H2,1-2H3,(H2,23,25)(H,24,27)(H,26,28)/t10?,15-,16+/m1/s1. The van der Waals surface area contributed by atoms with Crippen LogP contribution in [0.25, 0.3) is 0 Å². The van der Waals surface area contributed by atoms with E-state index in [-0.39, 0.29) is 18.9 Å². The third kappa shape index (κ3) is 6.47. The van der Waals surface area contributed by atoms with Crippen LogP contribution in [0.2, 0.25) is 0 Å². The van der Waals surface area contributed by atoms with E-state index < -0.39 is 35.5 Å². The van der Waals surface area contributed by atoms with E-state index >= 15 is 0 Å². The second kappa shape index (κ2) is 10.3. The lowest BCUT2D eigenvalue weighted by Crippen LogP contribution is -2.53. The van der Waals surface area contributed by atoms with Crippen molar-refractivity contribution in [2.45, 2.75) is 45.3 Å². The van der Waals surface area contributed by atoms with E-state index in [1.165, 1.54) is 17.4 Å². The number of nitrogen functional groups attached to an aromatic ring is 1. The van der Waals surface area contributed by atoms with Gasteiger partial charge in [0, 0.05) is 17.5 Å². The van der Waals surface area contributed by atoms with Crippen LogP contribution >= 0.6 is 11.3 Å². The van der Waals surface area contributed by atoms with Gasteiger partial charge in [-0.3, -0.25) is 9.59 Å². The molecule has 2 aromatic rings. The fourth-order valence-corrected chi connectivity index (χ4v) is 3.22. The molecule has 7 nitrogen and oxygen atoms in total. The summed E-state index contributed by atoms with van der Waals surface area (Å²) in [7, 11) is 0. The SMILES string of the molecule is CCC(C)[C@H](N)C(=O)N[C@H](Cc1ccc(F)c(F)c1)C(=O)NCc1cnc(N)s1. The number of anilines is 1. The summed E-state index contributed by atoms with van der Waals surface area (Å²) in [6.45, 7) is 3.92. The maximum atomic E-state index is 13.5. The van der Waals surface area contributed by atoms with E-state index in [1.807, 2.05) is 13.8 Å². The summed E-state index contributed by atoms with van der Waals surface area (Å²) < 4.78 is 26.7. The molecule has 1 heterocycles. The van der Waals surface area contributed by atoms with Gasteiger partial charge in [-0.15, -0.1) is 11.3 Å². The van der Waals surface area contributed by atoms with Gasteiger partial charge in [0.1, 0.15) is 6.04 Å². The number of halogens is 2. The van der Waals surface area contributed by atoms with Crippen molar-refractivity contribution in [3.8, 4) is 0 Å². The van der Waals surface area contributed by atoms with Gasteiger partial charge in [-0.1, -0.05) is 26.3 Å². The maximum Gasteiger partial charge on any atom is 0.243 e. The zero-order chi connectivity index (χ0) is 21.6. The second-order valence-corrected chi connectivity index (χ2v) is 7.95. The molecule has 1 unspecified atom stereocenters. The molecular formula is C19H25F2N5O2S. The third-order valence-electron chi connectivity index (χ3n) is 4.62. The van der Waals surface area contributed by atoms with E-state index in [0.717, 1.165) is 17.0 Å². The Labute approximate surface area is 171 Å². The molecule has 1 aromatic heterocycles. The van der Waals surface area contributed by atoms with Gasteiger partial charge >= 0.3 is 0 Å². The molecule has 6 N–H and O–H groups in total. The van der Waals surface area contributed by atoms with Crippen LogP contribution in [0.4, 0.5) is 13.9 Å². The second-order valence-electron chi connectivity index (χ2n) is 6.81. The van der Waals surface area contributed by atoms with Gasteiger partial charge in [-0.05, 0) is 23.6 Å². The molecule has 0 saturated heterocycles. The number of carbonyl (C=O) groups is 2. The van der Waals surface area contributed by atoms with Crippen LogP contribution in [0.5, 0.6) is 0 Å². The Balaban J connectivity index is 2.13. The van der Waals surface area contributed by atoms with Crippen molar-refractivity contribution >= 4 is 28.3 Å². The van der Waals surface area contributed by atoms with Crippen LogP contribution in [-0.4, -0.2) is 28.9 Å². The third-order valence-corrected chi connectivity index (χ3v) is 5.45. The molecule has 0 bridgehead atoms. The highest BCUT2D eigenvalue weighted by Gasteiger charge is 2.26. The van der Waals surface area contributed by atoms with E-state index in [2.05, 4.69) is 15.6 Å². The molecule has 0 aliphatic heterocycles. The predicted molar refractivity (Wildman–Crippen MR) is 108 cm³/mol. The summed E-state index contributed by atoms with van der Waals surface area (Å²) in [6.07, 6.45) is 2.22. The number of rotatable bonds is 9. The summed E-state index contributed by atoms with van der Waals surface area (Å²) in [5.74, 6) is -3.05. The Hall–Kier alpha value is -2.59. The van der Waals surface area contributed by atoms with E-state index in [4.69, 9.17) is 11.5 Å². The number of benzene rings is 1. The van der Waals surface area contributed by atoms with Crippen molar-refractivity contribution in [1.82, 2.24) is 15.6 Å². The molecular weight excluding hydrogens is 400 g/mol. The topological polar surface area (TPSA) is 123 Å². The maximum absolute atomic E-state index is 13.5. The number of thiazole rings is 1. The zero-order valence-electron chi connectivity index (χ0n) is 16.2. The molecule has 10 heteroatoms. The van der Waals surface area contributed by atoms with Crippen LogP contribution in [0.3, 0.4) is 0 Å². The average Bonchev–Trinajstić information content (AvgIpc) is 3.12. The Morgan fingerprint density at radius 1 is 1.24 bits per heavy atom. The first-order valence-electron chi connectivity index (χ1n) is 9.19. The van der Waals surface area contributed by atoms with Crippen molar-refractivity contribution in [2.24, 2.45) is 11.7 Å². The van der Waals surface area contributed by atoms with Crippen molar-refractivity contribution in [3.63, 3.8) is 0 Å². The molecule has 29 heavy (non-hydrogen) atoms. The molecule has 0 radical (unpaired) electrons. The largest absolute Gasteiger partial charge is 0.375 e. The lowest BCUT2D eigenvalue weighted by Gasteiger charge is -2.23. The minimum Gasteiger partial charge on any atom is -0.375 e. The summed E-state index contributed by atoms with van der Waals surface area (Å²) in [5, 5.41) is 5.70. The number of amides is 2. The van der Waals surface area contributed by atoms with Crippen LogP contribution in [0, 0.1) is 17.6 Å². The van der Waals surface area contributed by atoms with Gasteiger partial charge in [0.15, 0.2) is 16.8 Å². The van der Waals surface area contributed by atoms with E-state index in [0.29, 0.717) is 17.1 Å². The predicted octanol–water partition coefficient (Wildman–Crippen LogP) is 1.72. The van der Waals surface area contributed by atoms with Crippen molar-refractivity contribution < 1.29 is 18.4 Å². The Bertz CT molecular complexity index is 861. The molecule has 3 atom stereocenters. The lowest BCUT2D eigenvalue weighted by atomic mass is 9.98. The van der Waals surface area contributed by atoms with E-state index in [9.17, 15) is 18.4 Å². The number of aromatic nitrogens is 1. The van der Waals surface area contributed by atoms with Gasteiger partial charge < -0.3 is 22.1 Å². The molecule has 0 spiro atoms. The van der Waals surface area contributed by atoms with Crippen LogP contribution in [0.1, 0.15) is 30.7 Å². The summed E-state index contributed by atoms with van der Waals surface area (Å²) in [4.78, 5) is 29.8. The zero-order valence-corrected chi connectivity index (χ0v) is 17.1. The smallest absolute Gasteiger partial charge is 0.243 e. The molecule has 2 amide bonds. The van der Waals surface area contributed by atoms with Crippen molar-refractivity contribution in [1.29, 1.82) is 0 Å². The quantitative estimate of drug-likeness (QED) is 0.487. The molecule has 0 aliphatic rings. The fourth-order valence-electron chi connectivity index (χ4n) is 2.59. The lowest BCUT2D eigenvalue weighted by molar-refractivity contribution is -0.130. The molecule has 0 fully saturated rings. The number of hydrogen-bond donors (Lipinski definition) is 4. The van der Waals surface area contributed by atoms with Crippen molar-refractivity contribution in [3.05, 3.63) is 46.5 Å². The summed E-state index contributed by atoms with van der Waals surface area (Å²) in [6, 6.07) is 1.55. The molecule has 1 aromatic carbocycles. The van der Waals surface area contributed by atoms with Gasteiger partial charge in [-0.2, -0.15) is 0 Å². The summed E-state index contributed by atoms with van der Waals surface area (Å²) in [5.41, 5.74) is 11.9. The summed E-state index contributed by atoms with van der Waals surface area (Å²) >= 11 is 1.23. The van der Waals surface area contributed by atoms with Gasteiger partial charge in [0.25, 0.3) is 0 Å². The number of hydrogen-bond acceptors (Lipinski definition) is 6. The number of nitrogens with two attached hydrogens (primary N) is 2. The Morgan fingerprint density at radius 2 is 1.97 bits per heavy atom. The minimum atomic E-state index is -1.02. The molecule has 0 aliphatic carbocycles. The molecule has 158 valence electrons. The first-order chi connectivity index (χ1) is 13.7. The monoisotopic (exact) mass is 425 g/mol. The minimum absolute atomic E-state index is 0.0210. The van der Waals surface area contributed by atoms with Gasteiger partial charge in [0.2, 0.25) is 11.8 Å². The number of nitrogens with one attached hydrogen (secondary N) is 2. The fraction of sp³-hybridized carbons (Fsp3) is 0.421. The van der Waals surface area contributed by atoms with Gasteiger partial charge in [-0.25, -0.2) is 13.8 Å². The van der Waals surface area contributed by atoms with Crippen molar-refractivity contribution in [2.75, 3.05) is 5.73 Å². The van der Waals surface area contributed by atoms with Crippen LogP contribution < -0.4 is 22.1 Å². The van der Waals surface area contributed by atoms with Crippen LogP contribution in [-0.2, 0) is 22.6 Å². The highest BCUT2D eigenvalue weighted by molar-refractivity contribution is 7.15. The normalized spacial score (nSPS) is 14.1. The molecule has 2 rings (SSSR count). The Kier molecular flexibility index (Phi) is 8.03. The Morgan fingerprint density at radius 3 is 2.55 bits per heavy atom. The van der Waals surface area contributed by atoms with Gasteiger partial charge in [0.05, 0.1) is 12.6 Å². The first kappa shape index (κ1) is 22.7. The highest BCUT2D eigenvalue weighted by atomic mass is 32.1.